The van der Waals surface area contributed by atoms with E-state index in [-0.39, 0.29) is 5.91 Å². The maximum Gasteiger partial charge on any atom is 0.227 e. The Bertz CT molecular complexity index is 434. The first-order chi connectivity index (χ1) is 6.75. The monoisotopic (exact) mass is 224 g/mol. The Labute approximate surface area is 89.7 Å². The molecule has 14 heavy (non-hydrogen) atoms. The second kappa shape index (κ2) is 3.98. The summed E-state index contributed by atoms with van der Waals surface area (Å²) in [6, 6.07) is 7.91. The maximum atomic E-state index is 10.7. The summed E-state index contributed by atoms with van der Waals surface area (Å²) in [4.78, 5) is 15.0. The highest BCUT2D eigenvalue weighted by molar-refractivity contribution is 7.99. The molecule has 1 amide bonds. The lowest BCUT2D eigenvalue weighted by molar-refractivity contribution is -0.117. The lowest BCUT2D eigenvalue weighted by atomic mass is 10.3. The molecule has 0 aliphatic rings. The number of amides is 1. The van der Waals surface area contributed by atoms with Crippen molar-refractivity contribution in [2.45, 2.75) is 11.3 Å². The SMILES string of the molecule is CC(=O)NSc1nc2ccccc2s1. The van der Waals surface area contributed by atoms with Crippen molar-refractivity contribution in [2.75, 3.05) is 0 Å². The van der Waals surface area contributed by atoms with E-state index in [1.54, 1.807) is 11.3 Å². The molecule has 1 aromatic carbocycles. The zero-order valence-corrected chi connectivity index (χ0v) is 9.11. The fourth-order valence-corrected chi connectivity index (χ4v) is 2.64. The van der Waals surface area contributed by atoms with Crippen molar-refractivity contribution >= 4 is 39.4 Å². The Morgan fingerprint density at radius 2 is 2.29 bits per heavy atom. The van der Waals surface area contributed by atoms with Gasteiger partial charge in [-0.3, -0.25) is 9.52 Å². The zero-order chi connectivity index (χ0) is 9.97. The molecule has 3 nitrogen and oxygen atoms in total. The van der Waals surface area contributed by atoms with E-state index in [0.29, 0.717) is 0 Å². The summed E-state index contributed by atoms with van der Waals surface area (Å²) in [5, 5.41) is 0. The molecular weight excluding hydrogens is 216 g/mol. The number of hydrogen-bond acceptors (Lipinski definition) is 4. The topological polar surface area (TPSA) is 42.0 Å². The third-order valence-electron chi connectivity index (χ3n) is 1.56. The Morgan fingerprint density at radius 3 is 3.00 bits per heavy atom. The van der Waals surface area contributed by atoms with E-state index in [1.165, 1.54) is 18.9 Å². The number of nitrogens with zero attached hydrogens (tertiary/aromatic N) is 1. The fourth-order valence-electron chi connectivity index (χ4n) is 1.01. The molecule has 0 aliphatic heterocycles. The van der Waals surface area contributed by atoms with Crippen molar-refractivity contribution in [2.24, 2.45) is 0 Å². The molecule has 0 saturated heterocycles. The lowest BCUT2D eigenvalue weighted by Crippen LogP contribution is -2.09. The minimum absolute atomic E-state index is 0.0609. The lowest BCUT2D eigenvalue weighted by Gasteiger charge is -1.93. The normalized spacial score (nSPS) is 10.4. The van der Waals surface area contributed by atoms with Crippen LogP contribution < -0.4 is 4.72 Å². The van der Waals surface area contributed by atoms with Crippen molar-refractivity contribution in [3.05, 3.63) is 24.3 Å². The summed E-state index contributed by atoms with van der Waals surface area (Å²) in [6.45, 7) is 1.49. The summed E-state index contributed by atoms with van der Waals surface area (Å²) in [5.74, 6) is -0.0609. The van der Waals surface area contributed by atoms with Gasteiger partial charge in [0, 0.05) is 18.9 Å². The molecule has 2 aromatic rings. The molecule has 0 fully saturated rings. The molecule has 0 saturated carbocycles. The number of thiazole rings is 1. The Hall–Kier alpha value is -1.07. The first-order valence-corrected chi connectivity index (χ1v) is 5.68. The predicted octanol–water partition coefficient (Wildman–Crippen LogP) is 2.44. The van der Waals surface area contributed by atoms with Gasteiger partial charge >= 0.3 is 0 Å². The van der Waals surface area contributed by atoms with Crippen LogP contribution in [0.2, 0.25) is 0 Å². The summed E-state index contributed by atoms with van der Waals surface area (Å²) < 4.78 is 4.65. The van der Waals surface area contributed by atoms with Gasteiger partial charge in [-0.25, -0.2) is 4.98 Å². The summed E-state index contributed by atoms with van der Waals surface area (Å²) in [5.41, 5.74) is 0.977. The third-order valence-corrected chi connectivity index (χ3v) is 3.54. The van der Waals surface area contributed by atoms with Crippen LogP contribution in [0, 0.1) is 0 Å². The molecule has 1 N–H and O–H groups in total. The maximum absolute atomic E-state index is 10.7. The number of nitrogens with one attached hydrogen (secondary N) is 1. The molecule has 0 spiro atoms. The Kier molecular flexibility index (Phi) is 2.69. The second-order valence-electron chi connectivity index (χ2n) is 2.71. The number of carbonyl (C=O) groups excluding carboxylic acids is 1. The van der Waals surface area contributed by atoms with Crippen LogP contribution in [-0.4, -0.2) is 10.9 Å². The van der Waals surface area contributed by atoms with Gasteiger partial charge in [-0.05, 0) is 12.1 Å². The van der Waals surface area contributed by atoms with Gasteiger partial charge in [0.05, 0.1) is 10.2 Å². The first kappa shape index (κ1) is 9.48. The van der Waals surface area contributed by atoms with Crippen LogP contribution in [0.4, 0.5) is 0 Å². The number of aromatic nitrogens is 1. The van der Waals surface area contributed by atoms with Crippen molar-refractivity contribution in [3.63, 3.8) is 0 Å². The van der Waals surface area contributed by atoms with Crippen LogP contribution in [-0.2, 0) is 4.79 Å². The molecule has 0 aliphatic carbocycles. The molecule has 5 heteroatoms. The van der Waals surface area contributed by atoms with Crippen molar-refractivity contribution in [1.29, 1.82) is 0 Å². The predicted molar refractivity (Wildman–Crippen MR) is 59.3 cm³/mol. The number of hydrogen-bond donors (Lipinski definition) is 1. The van der Waals surface area contributed by atoms with Crippen LogP contribution >= 0.6 is 23.3 Å². The van der Waals surface area contributed by atoms with Gasteiger partial charge < -0.3 is 0 Å². The van der Waals surface area contributed by atoms with Crippen LogP contribution in [0.1, 0.15) is 6.92 Å². The van der Waals surface area contributed by atoms with E-state index < -0.39 is 0 Å². The van der Waals surface area contributed by atoms with E-state index >= 15 is 0 Å². The van der Waals surface area contributed by atoms with E-state index in [4.69, 9.17) is 0 Å². The Balaban J connectivity index is 2.22. The molecule has 0 atom stereocenters. The van der Waals surface area contributed by atoms with Gasteiger partial charge in [-0.15, -0.1) is 11.3 Å². The molecule has 72 valence electrons. The van der Waals surface area contributed by atoms with Gasteiger partial charge in [-0.2, -0.15) is 0 Å². The van der Waals surface area contributed by atoms with Gasteiger partial charge in [0.25, 0.3) is 0 Å². The van der Waals surface area contributed by atoms with Crippen molar-refractivity contribution < 1.29 is 4.79 Å². The standard InChI is InChI=1S/C9H8N2OS2/c1-6(12)11-14-9-10-7-4-2-3-5-8(7)13-9/h2-5H,1H3,(H,11,12). The largest absolute Gasteiger partial charge is 0.294 e. The average molecular weight is 224 g/mol. The minimum atomic E-state index is -0.0609. The summed E-state index contributed by atoms with van der Waals surface area (Å²) in [6.07, 6.45) is 0. The van der Waals surface area contributed by atoms with Crippen molar-refractivity contribution in [3.8, 4) is 0 Å². The van der Waals surface area contributed by atoms with E-state index in [9.17, 15) is 4.79 Å². The molecule has 0 bridgehead atoms. The summed E-state index contributed by atoms with van der Waals surface area (Å²) in [7, 11) is 0. The number of para-hydroxylation sites is 1. The molecular formula is C9H8N2OS2. The van der Waals surface area contributed by atoms with E-state index in [2.05, 4.69) is 9.71 Å². The number of benzene rings is 1. The number of rotatable bonds is 2. The fraction of sp³-hybridized carbons (Fsp3) is 0.111. The van der Waals surface area contributed by atoms with Gasteiger partial charge in [-0.1, -0.05) is 12.1 Å². The highest BCUT2D eigenvalue weighted by Gasteiger charge is 2.03. The Morgan fingerprint density at radius 1 is 1.50 bits per heavy atom. The van der Waals surface area contributed by atoms with Gasteiger partial charge in [0.2, 0.25) is 5.91 Å². The van der Waals surface area contributed by atoms with Gasteiger partial charge in [0.15, 0.2) is 4.34 Å². The summed E-state index contributed by atoms with van der Waals surface area (Å²) >= 11 is 2.84. The quantitative estimate of drug-likeness (QED) is 0.797. The molecule has 0 unspecified atom stereocenters. The molecule has 0 radical (unpaired) electrons. The average Bonchev–Trinajstić information content (AvgIpc) is 2.57. The van der Waals surface area contributed by atoms with E-state index in [1.807, 2.05) is 24.3 Å². The highest BCUT2D eigenvalue weighted by atomic mass is 32.2. The van der Waals surface area contributed by atoms with Crippen molar-refractivity contribution in [1.82, 2.24) is 9.71 Å². The smallest absolute Gasteiger partial charge is 0.227 e. The molecule has 1 aromatic heterocycles. The minimum Gasteiger partial charge on any atom is -0.294 e. The zero-order valence-electron chi connectivity index (χ0n) is 7.48. The van der Waals surface area contributed by atoms with Crippen LogP contribution in [0.3, 0.4) is 0 Å². The van der Waals surface area contributed by atoms with Gasteiger partial charge in [0.1, 0.15) is 0 Å². The first-order valence-electron chi connectivity index (χ1n) is 4.05. The highest BCUT2D eigenvalue weighted by Crippen LogP contribution is 2.27. The third kappa shape index (κ3) is 2.05. The van der Waals surface area contributed by atoms with Crippen LogP contribution in [0.5, 0.6) is 0 Å². The van der Waals surface area contributed by atoms with Crippen LogP contribution in [0.25, 0.3) is 10.2 Å². The van der Waals surface area contributed by atoms with Crippen LogP contribution in [0.15, 0.2) is 28.6 Å². The number of carbonyl (C=O) groups is 1. The van der Waals surface area contributed by atoms with E-state index in [0.717, 1.165) is 14.6 Å². The molecule has 2 rings (SSSR count). The number of fused-ring (bicyclic) bond motifs is 1. The second-order valence-corrected chi connectivity index (χ2v) is 4.79. The molecule has 1 heterocycles.